The number of ether oxygens (including phenoxy) is 1. The molecule has 1 saturated heterocycles. The van der Waals surface area contributed by atoms with Crippen LogP contribution in [0.2, 0.25) is 0 Å². The van der Waals surface area contributed by atoms with Crippen LogP contribution < -0.4 is 9.64 Å². The van der Waals surface area contributed by atoms with Crippen LogP contribution in [0.1, 0.15) is 36.5 Å². The second kappa shape index (κ2) is 10.6. The lowest BCUT2D eigenvalue weighted by Gasteiger charge is -2.32. The van der Waals surface area contributed by atoms with E-state index < -0.39 is 10.0 Å². The number of amides is 1. The van der Waals surface area contributed by atoms with E-state index in [2.05, 4.69) is 5.10 Å². The Bertz CT molecular complexity index is 1480. The number of carbonyl (C=O) groups excluding carboxylic acids is 1. The molecule has 2 aromatic carbocycles. The number of aromatic nitrogens is 3. The van der Waals surface area contributed by atoms with Gasteiger partial charge in [0.2, 0.25) is 10.0 Å². The van der Waals surface area contributed by atoms with Crippen LogP contribution >= 0.6 is 11.3 Å². The summed E-state index contributed by atoms with van der Waals surface area (Å²) in [6.45, 7) is 3.30. The maximum atomic E-state index is 13.7. The summed E-state index contributed by atoms with van der Waals surface area (Å²) in [6.07, 6.45) is 6.29. The standard InChI is InChI=1S/C26H29N5O4S2/c1-19-6-3-4-15-31(19)37(33,34)22-10-7-20(8-11-22)25(32)30(17-16-29-14-5-13-27-29)26-28-23-12-9-21(35-2)18-24(23)36-26/h5,7-14,18-19H,3-4,6,15-17H2,1-2H3. The average molecular weight is 540 g/mol. The summed E-state index contributed by atoms with van der Waals surface area (Å²) >= 11 is 1.40. The smallest absolute Gasteiger partial charge is 0.260 e. The van der Waals surface area contributed by atoms with Gasteiger partial charge in [-0.05, 0) is 68.3 Å². The number of fused-ring (bicyclic) bond motifs is 1. The van der Waals surface area contributed by atoms with Gasteiger partial charge in [0.05, 0.1) is 28.8 Å². The molecule has 5 rings (SSSR count). The number of methoxy groups -OCH3 is 1. The van der Waals surface area contributed by atoms with Crippen LogP contribution in [0.5, 0.6) is 5.75 Å². The van der Waals surface area contributed by atoms with Crippen molar-refractivity contribution in [3.63, 3.8) is 0 Å². The number of anilines is 1. The zero-order valence-electron chi connectivity index (χ0n) is 20.8. The first-order valence-electron chi connectivity index (χ1n) is 12.2. The van der Waals surface area contributed by atoms with E-state index in [1.807, 2.05) is 37.4 Å². The van der Waals surface area contributed by atoms with E-state index in [1.54, 1.807) is 39.3 Å². The summed E-state index contributed by atoms with van der Waals surface area (Å²) in [4.78, 5) is 20.2. The summed E-state index contributed by atoms with van der Waals surface area (Å²) in [7, 11) is -2.01. The Morgan fingerprint density at radius 2 is 2.00 bits per heavy atom. The molecule has 0 radical (unpaired) electrons. The van der Waals surface area contributed by atoms with E-state index in [9.17, 15) is 13.2 Å². The van der Waals surface area contributed by atoms with Crippen LogP contribution in [0.25, 0.3) is 10.2 Å². The fraction of sp³-hybridized carbons (Fsp3) is 0.346. The molecular formula is C26H29N5O4S2. The Morgan fingerprint density at radius 1 is 1.19 bits per heavy atom. The number of nitrogens with zero attached hydrogens (tertiary/aromatic N) is 5. The Labute approximate surface area is 220 Å². The van der Waals surface area contributed by atoms with Crippen molar-refractivity contribution < 1.29 is 17.9 Å². The minimum Gasteiger partial charge on any atom is -0.497 e. The van der Waals surface area contributed by atoms with E-state index in [1.165, 1.54) is 23.5 Å². The zero-order chi connectivity index (χ0) is 26.0. The molecule has 1 atom stereocenters. The number of hydrogen-bond acceptors (Lipinski definition) is 7. The molecule has 3 heterocycles. The molecule has 0 saturated carbocycles. The third-order valence-corrected chi connectivity index (χ3v) is 9.69. The van der Waals surface area contributed by atoms with E-state index in [0.29, 0.717) is 30.3 Å². The third kappa shape index (κ3) is 5.25. The lowest BCUT2D eigenvalue weighted by molar-refractivity contribution is 0.0985. The normalized spacial score (nSPS) is 16.6. The summed E-state index contributed by atoms with van der Waals surface area (Å²) in [5, 5.41) is 4.80. The first-order chi connectivity index (χ1) is 17.9. The SMILES string of the molecule is COc1ccc2nc(N(CCn3cccn3)C(=O)c3ccc(S(=O)(=O)N4CCCCC4C)cc3)sc2c1. The van der Waals surface area contributed by atoms with E-state index in [-0.39, 0.29) is 16.8 Å². The van der Waals surface area contributed by atoms with Crippen molar-refractivity contribution in [1.82, 2.24) is 19.1 Å². The van der Waals surface area contributed by atoms with Crippen LogP contribution in [0.3, 0.4) is 0 Å². The minimum absolute atomic E-state index is 0.0319. The number of thiazole rings is 1. The number of sulfonamides is 1. The molecule has 0 spiro atoms. The van der Waals surface area contributed by atoms with Gasteiger partial charge in [0.15, 0.2) is 5.13 Å². The Hall–Kier alpha value is -3.28. The predicted molar refractivity (Wildman–Crippen MR) is 144 cm³/mol. The minimum atomic E-state index is -3.62. The zero-order valence-corrected chi connectivity index (χ0v) is 22.4. The number of benzene rings is 2. The second-order valence-corrected chi connectivity index (χ2v) is 11.9. The third-order valence-electron chi connectivity index (χ3n) is 6.62. The summed E-state index contributed by atoms with van der Waals surface area (Å²) in [5.41, 5.74) is 1.16. The van der Waals surface area contributed by atoms with Crippen molar-refractivity contribution in [3.8, 4) is 5.75 Å². The highest BCUT2D eigenvalue weighted by Crippen LogP contribution is 2.32. The molecule has 1 amide bonds. The number of carbonyl (C=O) groups is 1. The molecule has 1 unspecified atom stereocenters. The first-order valence-corrected chi connectivity index (χ1v) is 14.5. The number of piperidine rings is 1. The van der Waals surface area contributed by atoms with E-state index in [4.69, 9.17) is 9.72 Å². The highest BCUT2D eigenvalue weighted by molar-refractivity contribution is 7.89. The molecule has 9 nitrogen and oxygen atoms in total. The van der Waals surface area contributed by atoms with E-state index in [0.717, 1.165) is 35.2 Å². The molecule has 1 fully saturated rings. The quantitative estimate of drug-likeness (QED) is 0.329. The van der Waals surface area contributed by atoms with Crippen LogP contribution in [0.4, 0.5) is 5.13 Å². The maximum absolute atomic E-state index is 13.7. The predicted octanol–water partition coefficient (Wildman–Crippen LogP) is 4.41. The lowest BCUT2D eigenvalue weighted by Crippen LogP contribution is -2.41. The fourth-order valence-electron chi connectivity index (χ4n) is 4.54. The Morgan fingerprint density at radius 3 is 2.70 bits per heavy atom. The molecule has 1 aliphatic heterocycles. The monoisotopic (exact) mass is 539 g/mol. The van der Waals surface area contributed by atoms with Crippen molar-refractivity contribution in [2.24, 2.45) is 0 Å². The van der Waals surface area contributed by atoms with Crippen molar-refractivity contribution in [1.29, 1.82) is 0 Å². The van der Waals surface area contributed by atoms with Gasteiger partial charge in [-0.25, -0.2) is 13.4 Å². The average Bonchev–Trinajstić information content (AvgIpc) is 3.58. The van der Waals surface area contributed by atoms with Gasteiger partial charge in [-0.3, -0.25) is 14.4 Å². The lowest BCUT2D eigenvalue weighted by atomic mass is 10.1. The molecule has 2 aromatic heterocycles. The summed E-state index contributed by atoms with van der Waals surface area (Å²) < 4.78 is 36.0. The molecular weight excluding hydrogens is 510 g/mol. The topological polar surface area (TPSA) is 97.6 Å². The summed E-state index contributed by atoms with van der Waals surface area (Å²) in [6, 6.07) is 13.6. The molecule has 1 aliphatic rings. The second-order valence-electron chi connectivity index (χ2n) is 9.04. The Balaban J connectivity index is 1.43. The fourth-order valence-corrected chi connectivity index (χ4v) is 7.26. The van der Waals surface area contributed by atoms with Crippen LogP contribution in [0.15, 0.2) is 65.8 Å². The van der Waals surface area contributed by atoms with E-state index >= 15 is 0 Å². The molecule has 0 N–H and O–H groups in total. The highest BCUT2D eigenvalue weighted by Gasteiger charge is 2.31. The van der Waals surface area contributed by atoms with Gasteiger partial charge in [0, 0.05) is 37.1 Å². The van der Waals surface area contributed by atoms with Crippen molar-refractivity contribution in [2.45, 2.75) is 43.7 Å². The van der Waals surface area contributed by atoms with Crippen LogP contribution in [-0.4, -0.2) is 59.6 Å². The van der Waals surface area contributed by atoms with Gasteiger partial charge >= 0.3 is 0 Å². The first kappa shape index (κ1) is 25.4. The van der Waals surface area contributed by atoms with Crippen molar-refractivity contribution in [2.75, 3.05) is 25.1 Å². The highest BCUT2D eigenvalue weighted by atomic mass is 32.2. The van der Waals surface area contributed by atoms with Gasteiger partial charge in [-0.2, -0.15) is 9.40 Å². The Kier molecular flexibility index (Phi) is 7.27. The molecule has 0 aliphatic carbocycles. The van der Waals surface area contributed by atoms with Gasteiger partial charge in [-0.1, -0.05) is 17.8 Å². The molecule has 0 bridgehead atoms. The molecule has 11 heteroatoms. The van der Waals surface area contributed by atoms with Gasteiger partial charge in [-0.15, -0.1) is 0 Å². The molecule has 194 valence electrons. The van der Waals surface area contributed by atoms with Gasteiger partial charge < -0.3 is 4.74 Å². The largest absolute Gasteiger partial charge is 0.497 e. The van der Waals surface area contributed by atoms with Gasteiger partial charge in [0.25, 0.3) is 5.91 Å². The van der Waals surface area contributed by atoms with Crippen LogP contribution in [0, 0.1) is 0 Å². The molecule has 4 aromatic rings. The van der Waals surface area contributed by atoms with Crippen molar-refractivity contribution >= 4 is 42.6 Å². The van der Waals surface area contributed by atoms with Gasteiger partial charge in [0.1, 0.15) is 5.75 Å². The number of rotatable bonds is 8. The maximum Gasteiger partial charge on any atom is 0.260 e. The van der Waals surface area contributed by atoms with Crippen molar-refractivity contribution in [3.05, 3.63) is 66.5 Å². The summed E-state index contributed by atoms with van der Waals surface area (Å²) in [5.74, 6) is 0.463. The number of hydrogen-bond donors (Lipinski definition) is 0. The molecule has 37 heavy (non-hydrogen) atoms. The van der Waals surface area contributed by atoms with Crippen LogP contribution in [-0.2, 0) is 16.6 Å².